The van der Waals surface area contributed by atoms with Crippen LogP contribution in [0.4, 0.5) is 5.69 Å². The second kappa shape index (κ2) is 8.84. The Labute approximate surface area is 184 Å². The maximum Gasteiger partial charge on any atom is 0.358 e. The average Bonchev–Trinajstić information content (AvgIpc) is 3.41. The summed E-state index contributed by atoms with van der Waals surface area (Å²) in [6, 6.07) is 14.1. The Morgan fingerprint density at radius 1 is 1.03 bits per heavy atom. The second-order valence-electron chi connectivity index (χ2n) is 7.11. The van der Waals surface area contributed by atoms with Crippen molar-refractivity contribution in [3.8, 4) is 11.5 Å². The van der Waals surface area contributed by atoms with Crippen molar-refractivity contribution < 1.29 is 14.3 Å². The van der Waals surface area contributed by atoms with E-state index in [1.807, 2.05) is 19.9 Å². The summed E-state index contributed by atoms with van der Waals surface area (Å²) in [7, 11) is 0. The molecule has 4 rings (SSSR count). The number of carbonyl (C=O) groups is 2. The molecule has 1 amide bonds. The van der Waals surface area contributed by atoms with Crippen molar-refractivity contribution in [2.24, 2.45) is 0 Å². The van der Waals surface area contributed by atoms with Gasteiger partial charge in [0.2, 0.25) is 0 Å². The lowest BCUT2D eigenvalue weighted by Crippen LogP contribution is -2.13. The van der Waals surface area contributed by atoms with Gasteiger partial charge in [-0.2, -0.15) is 10.2 Å². The van der Waals surface area contributed by atoms with E-state index in [-0.39, 0.29) is 11.6 Å². The minimum atomic E-state index is -0.465. The number of rotatable bonds is 6. The number of nitrogens with one attached hydrogen (secondary N) is 1. The van der Waals surface area contributed by atoms with Crippen molar-refractivity contribution in [3.05, 3.63) is 83.6 Å². The summed E-state index contributed by atoms with van der Waals surface area (Å²) in [5, 5.41) is 11.5. The molecule has 0 saturated carbocycles. The van der Waals surface area contributed by atoms with Gasteiger partial charge in [0.1, 0.15) is 0 Å². The van der Waals surface area contributed by atoms with Crippen LogP contribution in [-0.2, 0) is 4.74 Å². The fourth-order valence-electron chi connectivity index (χ4n) is 3.19. The summed E-state index contributed by atoms with van der Waals surface area (Å²) in [5.41, 5.74) is 3.92. The number of amides is 1. The lowest BCUT2D eigenvalue weighted by molar-refractivity contribution is 0.0519. The van der Waals surface area contributed by atoms with Crippen LogP contribution in [0.1, 0.15) is 39.2 Å². The fourth-order valence-corrected chi connectivity index (χ4v) is 3.19. The van der Waals surface area contributed by atoms with E-state index < -0.39 is 5.97 Å². The lowest BCUT2D eigenvalue weighted by atomic mass is 10.2. The van der Waals surface area contributed by atoms with E-state index in [1.165, 1.54) is 6.20 Å². The van der Waals surface area contributed by atoms with Gasteiger partial charge in [0.25, 0.3) is 5.91 Å². The molecule has 0 aliphatic carbocycles. The van der Waals surface area contributed by atoms with E-state index >= 15 is 0 Å². The molecule has 0 radical (unpaired) electrons. The number of hydrogen-bond acceptors (Lipinski definition) is 6. The molecule has 0 bridgehead atoms. The Morgan fingerprint density at radius 3 is 2.44 bits per heavy atom. The monoisotopic (exact) mass is 430 g/mol. The maximum atomic E-state index is 12.6. The van der Waals surface area contributed by atoms with E-state index in [2.05, 4.69) is 20.5 Å². The molecule has 0 fully saturated rings. The maximum absolute atomic E-state index is 12.6. The summed E-state index contributed by atoms with van der Waals surface area (Å²) in [5.74, 6) is -0.0839. The number of ether oxygens (including phenoxy) is 1. The highest BCUT2D eigenvalue weighted by Gasteiger charge is 2.12. The molecule has 0 atom stereocenters. The van der Waals surface area contributed by atoms with Crippen LogP contribution in [0, 0.1) is 13.8 Å². The first kappa shape index (κ1) is 21.0. The number of hydrogen-bond donors (Lipinski definition) is 1. The molecule has 1 N–H and O–H groups in total. The molecule has 162 valence electrons. The molecule has 3 aromatic heterocycles. The van der Waals surface area contributed by atoms with Gasteiger partial charge in [-0.25, -0.2) is 19.1 Å². The predicted octanol–water partition coefficient (Wildman–Crippen LogP) is 3.50. The zero-order valence-electron chi connectivity index (χ0n) is 17.9. The molecule has 32 heavy (non-hydrogen) atoms. The van der Waals surface area contributed by atoms with Gasteiger partial charge >= 0.3 is 5.97 Å². The summed E-state index contributed by atoms with van der Waals surface area (Å²) in [6.45, 7) is 5.91. The number of esters is 1. The van der Waals surface area contributed by atoms with E-state index in [0.29, 0.717) is 23.7 Å². The van der Waals surface area contributed by atoms with Crippen LogP contribution in [0.3, 0.4) is 0 Å². The van der Waals surface area contributed by atoms with Gasteiger partial charge in [0.15, 0.2) is 11.5 Å². The molecular formula is C23H22N6O3. The largest absolute Gasteiger partial charge is 0.461 e. The molecule has 0 aliphatic heterocycles. The van der Waals surface area contributed by atoms with Crippen molar-refractivity contribution in [2.75, 3.05) is 11.9 Å². The predicted molar refractivity (Wildman–Crippen MR) is 118 cm³/mol. The molecule has 0 spiro atoms. The number of carbonyl (C=O) groups excluding carboxylic acids is 2. The van der Waals surface area contributed by atoms with Crippen LogP contribution in [0.2, 0.25) is 0 Å². The standard InChI is InChI=1S/C23H22N6O3/c1-4-32-23(31)20-11-12-28(27-20)19-8-6-18(7-9-19)25-22(30)17-5-10-21(24-14-17)29-16(3)13-15(2)26-29/h5-14H,4H2,1-3H3,(H,25,30). The van der Waals surface area contributed by atoms with Gasteiger partial charge in [-0.05, 0) is 69.3 Å². The summed E-state index contributed by atoms with van der Waals surface area (Å²) >= 11 is 0. The number of pyridine rings is 1. The molecule has 9 nitrogen and oxygen atoms in total. The number of aromatic nitrogens is 5. The van der Waals surface area contributed by atoms with Crippen LogP contribution < -0.4 is 5.32 Å². The van der Waals surface area contributed by atoms with Crippen molar-refractivity contribution >= 4 is 17.6 Å². The first-order valence-corrected chi connectivity index (χ1v) is 10.1. The minimum Gasteiger partial charge on any atom is -0.461 e. The van der Waals surface area contributed by atoms with E-state index in [0.717, 1.165) is 17.1 Å². The quantitative estimate of drug-likeness (QED) is 0.470. The van der Waals surface area contributed by atoms with Crippen LogP contribution >= 0.6 is 0 Å². The van der Waals surface area contributed by atoms with Crippen molar-refractivity contribution in [2.45, 2.75) is 20.8 Å². The Kier molecular flexibility index (Phi) is 5.80. The number of benzene rings is 1. The van der Waals surface area contributed by atoms with Crippen LogP contribution in [-0.4, -0.2) is 43.0 Å². The first-order chi connectivity index (χ1) is 15.4. The fraction of sp³-hybridized carbons (Fsp3) is 0.174. The second-order valence-corrected chi connectivity index (χ2v) is 7.11. The van der Waals surface area contributed by atoms with Crippen molar-refractivity contribution in [1.29, 1.82) is 0 Å². The molecule has 0 saturated heterocycles. The highest BCUT2D eigenvalue weighted by atomic mass is 16.5. The molecule has 3 heterocycles. The van der Waals surface area contributed by atoms with Gasteiger partial charge < -0.3 is 10.1 Å². The average molecular weight is 430 g/mol. The Balaban J connectivity index is 1.43. The molecule has 4 aromatic rings. The zero-order chi connectivity index (χ0) is 22.7. The first-order valence-electron chi connectivity index (χ1n) is 10.1. The normalized spacial score (nSPS) is 10.7. The minimum absolute atomic E-state index is 0.237. The van der Waals surface area contributed by atoms with E-state index in [1.54, 1.807) is 64.9 Å². The Hall–Kier alpha value is -4.27. The van der Waals surface area contributed by atoms with E-state index in [9.17, 15) is 9.59 Å². The zero-order valence-corrected chi connectivity index (χ0v) is 17.9. The third kappa shape index (κ3) is 4.41. The van der Waals surface area contributed by atoms with Crippen LogP contribution in [0.5, 0.6) is 0 Å². The van der Waals surface area contributed by atoms with Crippen LogP contribution in [0.15, 0.2) is 60.9 Å². The van der Waals surface area contributed by atoms with Gasteiger partial charge in [0, 0.05) is 23.8 Å². The van der Waals surface area contributed by atoms with E-state index in [4.69, 9.17) is 4.74 Å². The topological polar surface area (TPSA) is 104 Å². The van der Waals surface area contributed by atoms with Crippen LogP contribution in [0.25, 0.3) is 11.5 Å². The Bertz CT molecular complexity index is 1260. The van der Waals surface area contributed by atoms with Gasteiger partial charge in [-0.3, -0.25) is 4.79 Å². The molecule has 0 aliphatic rings. The van der Waals surface area contributed by atoms with Crippen molar-refractivity contribution in [1.82, 2.24) is 24.5 Å². The molecule has 9 heteroatoms. The SMILES string of the molecule is CCOC(=O)c1ccn(-c2ccc(NC(=O)c3ccc(-n4nc(C)cc4C)nc3)cc2)n1. The summed E-state index contributed by atoms with van der Waals surface area (Å²) < 4.78 is 8.25. The molecular weight excluding hydrogens is 408 g/mol. The third-order valence-electron chi connectivity index (χ3n) is 4.70. The number of anilines is 1. The molecule has 1 aromatic carbocycles. The van der Waals surface area contributed by atoms with Crippen molar-refractivity contribution in [3.63, 3.8) is 0 Å². The highest BCUT2D eigenvalue weighted by molar-refractivity contribution is 6.04. The summed E-state index contributed by atoms with van der Waals surface area (Å²) in [6.07, 6.45) is 3.20. The molecule has 0 unspecified atom stereocenters. The Morgan fingerprint density at radius 2 is 1.81 bits per heavy atom. The summed E-state index contributed by atoms with van der Waals surface area (Å²) in [4.78, 5) is 28.7. The smallest absolute Gasteiger partial charge is 0.358 e. The van der Waals surface area contributed by atoms with Gasteiger partial charge in [-0.15, -0.1) is 0 Å². The lowest BCUT2D eigenvalue weighted by Gasteiger charge is -2.08. The van der Waals surface area contributed by atoms with Gasteiger partial charge in [-0.1, -0.05) is 0 Å². The van der Waals surface area contributed by atoms with Gasteiger partial charge in [0.05, 0.1) is 23.6 Å². The number of nitrogens with zero attached hydrogens (tertiary/aromatic N) is 5. The highest BCUT2D eigenvalue weighted by Crippen LogP contribution is 2.16. The number of aryl methyl sites for hydroxylation is 2. The third-order valence-corrected chi connectivity index (χ3v) is 4.70.